The maximum atomic E-state index is 11.1. The van der Waals surface area contributed by atoms with E-state index in [1.807, 2.05) is 0 Å². The summed E-state index contributed by atoms with van der Waals surface area (Å²) in [6.07, 6.45) is 3.78. The van der Waals surface area contributed by atoms with Crippen LogP contribution >= 0.6 is 15.9 Å². The largest absolute Gasteiger partial charge is 0.300 e. The second-order valence-corrected chi connectivity index (χ2v) is 5.40. The van der Waals surface area contributed by atoms with Crippen LogP contribution in [0.1, 0.15) is 57.1 Å². The molecule has 2 heteroatoms. The van der Waals surface area contributed by atoms with Crippen molar-refractivity contribution in [2.75, 3.05) is 0 Å². The molecule has 0 aromatic heterocycles. The lowest BCUT2D eigenvalue weighted by molar-refractivity contribution is -0.117. The molecule has 0 saturated heterocycles. The highest BCUT2D eigenvalue weighted by Gasteiger charge is 2.11. The van der Waals surface area contributed by atoms with E-state index in [9.17, 15) is 4.79 Å². The summed E-state index contributed by atoms with van der Waals surface area (Å²) in [7, 11) is 0. The van der Waals surface area contributed by atoms with Crippen LogP contribution in [0.4, 0.5) is 0 Å². The van der Waals surface area contributed by atoms with Gasteiger partial charge >= 0.3 is 0 Å². The van der Waals surface area contributed by atoms with Crippen molar-refractivity contribution in [1.82, 2.24) is 0 Å². The molecule has 0 aliphatic carbocycles. The van der Waals surface area contributed by atoms with Crippen molar-refractivity contribution in [3.8, 4) is 0 Å². The van der Waals surface area contributed by atoms with Gasteiger partial charge in [0, 0.05) is 10.9 Å². The molecule has 0 radical (unpaired) electrons. The SMILES string of the molecule is CCc1ccc(C(CC)CCC(C)=O)cc1Br. The van der Waals surface area contributed by atoms with Crippen LogP contribution in [0.5, 0.6) is 0 Å². The average Bonchev–Trinajstić information content (AvgIpc) is 2.29. The van der Waals surface area contributed by atoms with Crippen molar-refractivity contribution >= 4 is 21.7 Å². The van der Waals surface area contributed by atoms with Crippen molar-refractivity contribution in [1.29, 1.82) is 0 Å². The smallest absolute Gasteiger partial charge is 0.129 e. The van der Waals surface area contributed by atoms with Crippen LogP contribution in [0, 0.1) is 0 Å². The van der Waals surface area contributed by atoms with Gasteiger partial charge in [-0.1, -0.05) is 41.9 Å². The van der Waals surface area contributed by atoms with E-state index in [0.29, 0.717) is 12.3 Å². The van der Waals surface area contributed by atoms with Crippen LogP contribution in [0.2, 0.25) is 0 Å². The predicted molar refractivity (Wildman–Crippen MR) is 76.5 cm³/mol. The van der Waals surface area contributed by atoms with Crippen molar-refractivity contribution in [3.63, 3.8) is 0 Å². The van der Waals surface area contributed by atoms with E-state index in [0.717, 1.165) is 19.3 Å². The van der Waals surface area contributed by atoms with Gasteiger partial charge in [-0.15, -0.1) is 0 Å². The van der Waals surface area contributed by atoms with Crippen molar-refractivity contribution in [3.05, 3.63) is 33.8 Å². The van der Waals surface area contributed by atoms with Gasteiger partial charge in [0.2, 0.25) is 0 Å². The first-order valence-electron chi connectivity index (χ1n) is 6.36. The van der Waals surface area contributed by atoms with E-state index in [2.05, 4.69) is 48.0 Å². The van der Waals surface area contributed by atoms with Crippen LogP contribution in [0.25, 0.3) is 0 Å². The third-order valence-corrected chi connectivity index (χ3v) is 4.01. The molecule has 94 valence electrons. The highest BCUT2D eigenvalue weighted by molar-refractivity contribution is 9.10. The lowest BCUT2D eigenvalue weighted by Crippen LogP contribution is -2.01. The van der Waals surface area contributed by atoms with Gasteiger partial charge in [-0.2, -0.15) is 0 Å². The van der Waals surface area contributed by atoms with Gasteiger partial charge in [0.05, 0.1) is 0 Å². The van der Waals surface area contributed by atoms with Gasteiger partial charge in [0.15, 0.2) is 0 Å². The fourth-order valence-electron chi connectivity index (χ4n) is 2.09. The molecule has 0 saturated carbocycles. The van der Waals surface area contributed by atoms with E-state index in [-0.39, 0.29) is 5.78 Å². The summed E-state index contributed by atoms with van der Waals surface area (Å²) in [6, 6.07) is 6.61. The third kappa shape index (κ3) is 4.27. The van der Waals surface area contributed by atoms with Crippen LogP contribution in [-0.4, -0.2) is 5.78 Å². The van der Waals surface area contributed by atoms with Crippen molar-refractivity contribution in [2.24, 2.45) is 0 Å². The maximum Gasteiger partial charge on any atom is 0.129 e. The van der Waals surface area contributed by atoms with Gasteiger partial charge < -0.3 is 4.79 Å². The van der Waals surface area contributed by atoms with E-state index in [1.54, 1.807) is 6.92 Å². The summed E-state index contributed by atoms with van der Waals surface area (Å²) in [5.41, 5.74) is 2.69. The number of carbonyl (C=O) groups is 1. The first kappa shape index (κ1) is 14.4. The zero-order chi connectivity index (χ0) is 12.8. The van der Waals surface area contributed by atoms with Crippen LogP contribution in [-0.2, 0) is 11.2 Å². The molecule has 0 aliphatic heterocycles. The highest BCUT2D eigenvalue weighted by atomic mass is 79.9. The number of ketones is 1. The Hall–Kier alpha value is -0.630. The normalized spacial score (nSPS) is 12.5. The molecular formula is C15H21BrO. The molecule has 17 heavy (non-hydrogen) atoms. The maximum absolute atomic E-state index is 11.1. The Kier molecular flexibility index (Phi) is 5.90. The molecule has 1 atom stereocenters. The minimum atomic E-state index is 0.285. The van der Waals surface area contributed by atoms with Crippen LogP contribution < -0.4 is 0 Å². The first-order chi connectivity index (χ1) is 8.08. The molecular weight excluding hydrogens is 276 g/mol. The minimum absolute atomic E-state index is 0.285. The molecule has 1 aromatic carbocycles. The first-order valence-corrected chi connectivity index (χ1v) is 7.15. The molecule has 0 fully saturated rings. The molecule has 1 aromatic rings. The summed E-state index contributed by atoms with van der Waals surface area (Å²) in [6.45, 7) is 6.02. The van der Waals surface area contributed by atoms with E-state index in [4.69, 9.17) is 0 Å². The number of benzene rings is 1. The van der Waals surface area contributed by atoms with Crippen LogP contribution in [0.15, 0.2) is 22.7 Å². The quantitative estimate of drug-likeness (QED) is 0.731. The Labute approximate surface area is 113 Å². The number of Topliss-reactive ketones (excluding diaryl/α,β-unsaturated/α-hetero) is 1. The van der Waals surface area contributed by atoms with E-state index < -0.39 is 0 Å². The average molecular weight is 297 g/mol. The molecule has 1 nitrogen and oxygen atoms in total. The van der Waals surface area contributed by atoms with Gasteiger partial charge in [-0.05, 0) is 49.3 Å². The number of hydrogen-bond acceptors (Lipinski definition) is 1. The predicted octanol–water partition coefficient (Wildman–Crippen LogP) is 4.87. The number of carbonyl (C=O) groups excluding carboxylic acids is 1. The summed E-state index contributed by atoms with van der Waals surface area (Å²) in [4.78, 5) is 11.1. The van der Waals surface area contributed by atoms with Gasteiger partial charge in [-0.3, -0.25) is 0 Å². The molecule has 0 aliphatic rings. The third-order valence-electron chi connectivity index (χ3n) is 3.27. The fraction of sp³-hybridized carbons (Fsp3) is 0.533. The Morgan fingerprint density at radius 1 is 1.35 bits per heavy atom. The standard InChI is InChI=1S/C15H21BrO/c1-4-12(7-6-11(3)17)14-9-8-13(5-2)15(16)10-14/h8-10,12H,4-7H2,1-3H3. The second-order valence-electron chi connectivity index (χ2n) is 4.55. The number of halogens is 1. The molecule has 1 unspecified atom stereocenters. The lowest BCUT2D eigenvalue weighted by atomic mass is 9.90. The molecule has 0 amide bonds. The van der Waals surface area contributed by atoms with E-state index in [1.165, 1.54) is 15.6 Å². The molecule has 0 spiro atoms. The summed E-state index contributed by atoms with van der Waals surface area (Å²) >= 11 is 3.62. The summed E-state index contributed by atoms with van der Waals surface area (Å²) in [5.74, 6) is 0.786. The van der Waals surface area contributed by atoms with Crippen molar-refractivity contribution in [2.45, 2.75) is 52.4 Å². The zero-order valence-corrected chi connectivity index (χ0v) is 12.5. The molecule has 1 rings (SSSR count). The fourth-order valence-corrected chi connectivity index (χ4v) is 2.77. The Morgan fingerprint density at radius 2 is 2.06 bits per heavy atom. The van der Waals surface area contributed by atoms with E-state index >= 15 is 0 Å². The molecule has 0 bridgehead atoms. The number of hydrogen-bond donors (Lipinski definition) is 0. The van der Waals surface area contributed by atoms with Gasteiger partial charge in [-0.25, -0.2) is 0 Å². The van der Waals surface area contributed by atoms with Gasteiger partial charge in [0.25, 0.3) is 0 Å². The molecule has 0 N–H and O–H groups in total. The monoisotopic (exact) mass is 296 g/mol. The lowest BCUT2D eigenvalue weighted by Gasteiger charge is -2.16. The summed E-state index contributed by atoms with van der Waals surface area (Å²) < 4.78 is 1.19. The van der Waals surface area contributed by atoms with Crippen LogP contribution in [0.3, 0.4) is 0 Å². The Morgan fingerprint density at radius 3 is 2.53 bits per heavy atom. The topological polar surface area (TPSA) is 17.1 Å². The summed E-state index contributed by atoms with van der Waals surface area (Å²) in [5, 5.41) is 0. The molecule has 0 heterocycles. The van der Waals surface area contributed by atoms with Crippen molar-refractivity contribution < 1.29 is 4.79 Å². The highest BCUT2D eigenvalue weighted by Crippen LogP contribution is 2.29. The van der Waals surface area contributed by atoms with Gasteiger partial charge in [0.1, 0.15) is 5.78 Å². The number of rotatable bonds is 6. The minimum Gasteiger partial charge on any atom is -0.300 e. The Balaban J connectivity index is 2.81. The zero-order valence-electron chi connectivity index (χ0n) is 10.9. The number of aryl methyl sites for hydroxylation is 1. The second kappa shape index (κ2) is 6.95. The Bertz CT molecular complexity index is 385.